The number of anilines is 1. The van der Waals surface area contributed by atoms with Crippen molar-refractivity contribution >= 4 is 11.7 Å². The van der Waals surface area contributed by atoms with Gasteiger partial charge in [-0.2, -0.15) is 0 Å². The number of hydrogen-bond donors (Lipinski definition) is 0. The first kappa shape index (κ1) is 19.5. The minimum absolute atomic E-state index is 0.00567. The van der Waals surface area contributed by atoms with Crippen molar-refractivity contribution in [2.45, 2.75) is 31.8 Å². The molecule has 2 aliphatic rings. The first-order chi connectivity index (χ1) is 15.0. The summed E-state index contributed by atoms with van der Waals surface area (Å²) in [4.78, 5) is 39.0. The largest absolute Gasteiger partial charge is 0.364 e. The highest BCUT2D eigenvalue weighted by Gasteiger charge is 2.44. The lowest BCUT2D eigenvalue weighted by molar-refractivity contribution is -0.136. The maximum absolute atomic E-state index is 13.6. The predicted octanol–water partition coefficient (Wildman–Crippen LogP) is 1.76. The second kappa shape index (κ2) is 7.64. The number of carbonyl (C=O) groups is 1. The summed E-state index contributed by atoms with van der Waals surface area (Å²) in [5.74, 6) is 0.916. The molecule has 9 nitrogen and oxygen atoms in total. The van der Waals surface area contributed by atoms with Crippen molar-refractivity contribution < 1.29 is 9.32 Å². The van der Waals surface area contributed by atoms with Gasteiger partial charge in [-0.15, -0.1) is 0 Å². The fourth-order valence-electron chi connectivity index (χ4n) is 4.92. The van der Waals surface area contributed by atoms with Gasteiger partial charge < -0.3 is 14.3 Å². The first-order valence-corrected chi connectivity index (χ1v) is 10.4. The smallest absolute Gasteiger partial charge is 0.251 e. The summed E-state index contributed by atoms with van der Waals surface area (Å²) in [6.45, 7) is 3.68. The van der Waals surface area contributed by atoms with Crippen molar-refractivity contribution in [3.8, 4) is 0 Å². The van der Waals surface area contributed by atoms with E-state index in [0.29, 0.717) is 18.8 Å². The molecule has 3 atom stereocenters. The quantitative estimate of drug-likeness (QED) is 0.634. The van der Waals surface area contributed by atoms with Crippen LogP contribution in [0.1, 0.15) is 35.5 Å². The lowest BCUT2D eigenvalue weighted by atomic mass is 9.78. The molecule has 1 fully saturated rings. The molecule has 0 aliphatic carbocycles. The van der Waals surface area contributed by atoms with Crippen LogP contribution in [0.3, 0.4) is 0 Å². The fraction of sp³-hybridized carbons (Fsp3) is 0.409. The van der Waals surface area contributed by atoms with Crippen LogP contribution in [0, 0.1) is 12.8 Å². The molecule has 0 saturated carbocycles. The van der Waals surface area contributed by atoms with Gasteiger partial charge in [-0.3, -0.25) is 14.2 Å². The Morgan fingerprint density at radius 3 is 2.90 bits per heavy atom. The summed E-state index contributed by atoms with van der Waals surface area (Å²) in [7, 11) is 1.74. The van der Waals surface area contributed by atoms with Gasteiger partial charge in [0.25, 0.3) is 5.56 Å². The van der Waals surface area contributed by atoms with E-state index in [-0.39, 0.29) is 23.3 Å². The summed E-state index contributed by atoms with van der Waals surface area (Å²) in [5.41, 5.74) is 2.35. The monoisotopic (exact) mass is 420 g/mol. The van der Waals surface area contributed by atoms with Crippen LogP contribution in [0.15, 0.2) is 52.2 Å². The highest BCUT2D eigenvalue weighted by molar-refractivity contribution is 5.81. The Bertz CT molecular complexity index is 1160. The van der Waals surface area contributed by atoms with E-state index >= 15 is 0 Å². The van der Waals surface area contributed by atoms with E-state index in [9.17, 15) is 9.59 Å². The molecule has 1 saturated heterocycles. The molecular formula is C22H24N6O3. The minimum Gasteiger partial charge on any atom is -0.364 e. The van der Waals surface area contributed by atoms with E-state index in [1.54, 1.807) is 35.0 Å². The van der Waals surface area contributed by atoms with Crippen LogP contribution in [0.5, 0.6) is 0 Å². The number of amides is 1. The number of aromatic nitrogens is 4. The summed E-state index contributed by atoms with van der Waals surface area (Å²) in [5, 5.41) is 3.91. The van der Waals surface area contributed by atoms with Gasteiger partial charge in [-0.1, -0.05) is 11.2 Å². The van der Waals surface area contributed by atoms with Gasteiger partial charge in [0.15, 0.2) is 0 Å². The minimum atomic E-state index is -0.567. The molecule has 1 amide bonds. The van der Waals surface area contributed by atoms with Gasteiger partial charge >= 0.3 is 0 Å². The molecule has 5 rings (SSSR count). The fourth-order valence-corrected chi connectivity index (χ4v) is 4.92. The molecule has 0 radical (unpaired) electrons. The van der Waals surface area contributed by atoms with Gasteiger partial charge in [0.2, 0.25) is 5.91 Å². The Morgan fingerprint density at radius 1 is 1.26 bits per heavy atom. The average molecular weight is 420 g/mol. The van der Waals surface area contributed by atoms with E-state index in [4.69, 9.17) is 4.52 Å². The van der Waals surface area contributed by atoms with Gasteiger partial charge in [-0.05, 0) is 19.4 Å². The van der Waals surface area contributed by atoms with E-state index in [0.717, 1.165) is 30.2 Å². The number of fused-ring (bicyclic) bond motifs is 4. The molecule has 160 valence electrons. The number of rotatable bonds is 4. The van der Waals surface area contributed by atoms with E-state index in [1.165, 1.54) is 12.3 Å². The Labute approximate surface area is 179 Å². The van der Waals surface area contributed by atoms with Crippen molar-refractivity contribution in [1.82, 2.24) is 24.6 Å². The lowest BCUT2D eigenvalue weighted by Gasteiger charge is -2.47. The van der Waals surface area contributed by atoms with Crippen LogP contribution in [0.25, 0.3) is 0 Å². The predicted molar refractivity (Wildman–Crippen MR) is 113 cm³/mol. The zero-order chi connectivity index (χ0) is 21.5. The highest BCUT2D eigenvalue weighted by atomic mass is 16.5. The third-order valence-corrected chi connectivity index (χ3v) is 6.28. The summed E-state index contributed by atoms with van der Waals surface area (Å²) < 4.78 is 6.60. The topological polar surface area (TPSA) is 97.4 Å². The Kier molecular flexibility index (Phi) is 4.80. The van der Waals surface area contributed by atoms with Crippen LogP contribution < -0.4 is 10.5 Å². The van der Waals surface area contributed by atoms with Gasteiger partial charge in [0.05, 0.1) is 6.54 Å². The molecule has 3 aromatic heterocycles. The van der Waals surface area contributed by atoms with Crippen molar-refractivity contribution in [3.63, 3.8) is 0 Å². The van der Waals surface area contributed by atoms with E-state index in [1.807, 2.05) is 19.1 Å². The summed E-state index contributed by atoms with van der Waals surface area (Å²) in [6.07, 6.45) is 3.92. The van der Waals surface area contributed by atoms with E-state index < -0.39 is 6.04 Å². The highest BCUT2D eigenvalue weighted by Crippen LogP contribution is 2.42. The standard InChI is InChI=1S/C22H24N6O3/c1-14-8-19(24-13-23-14)27-10-15-9-16(11-27)21(28-18(15)4-3-5-20(28)29)22(30)26(2)12-17-6-7-31-25-17/h3-8,13,15-16,21H,9-12H2,1-2H3/t15-,16+,21-/m1/s1. The Morgan fingerprint density at radius 2 is 2.13 bits per heavy atom. The molecule has 5 heterocycles. The summed E-state index contributed by atoms with van der Waals surface area (Å²) in [6, 6.07) is 8.42. The maximum atomic E-state index is 13.6. The Hall–Kier alpha value is -3.49. The van der Waals surface area contributed by atoms with Gasteiger partial charge in [-0.25, -0.2) is 9.97 Å². The molecule has 3 aromatic rings. The molecule has 2 bridgehead atoms. The zero-order valence-corrected chi connectivity index (χ0v) is 17.5. The molecule has 0 unspecified atom stereocenters. The van der Waals surface area contributed by atoms with Crippen LogP contribution in [0.4, 0.5) is 5.82 Å². The van der Waals surface area contributed by atoms with Crippen molar-refractivity contribution in [3.05, 3.63) is 70.4 Å². The third kappa shape index (κ3) is 3.49. The Balaban J connectivity index is 1.52. The number of carbonyl (C=O) groups excluding carboxylic acids is 1. The molecular weight excluding hydrogens is 396 g/mol. The van der Waals surface area contributed by atoms with Gasteiger partial charge in [0.1, 0.15) is 30.1 Å². The SMILES string of the molecule is Cc1cc(N2C[C@H]3C[C@@H](C2)[C@H](C(=O)N(C)Cc2ccon2)n2c3cccc2=O)ncn1. The molecule has 9 heteroatoms. The van der Waals surface area contributed by atoms with Gasteiger partial charge in [0, 0.05) is 61.6 Å². The van der Waals surface area contributed by atoms with Crippen molar-refractivity contribution in [2.75, 3.05) is 25.0 Å². The number of pyridine rings is 1. The zero-order valence-electron chi connectivity index (χ0n) is 17.5. The normalized spacial score (nSPS) is 22.1. The van der Waals surface area contributed by atoms with Crippen molar-refractivity contribution in [1.29, 1.82) is 0 Å². The van der Waals surface area contributed by atoms with E-state index in [2.05, 4.69) is 20.0 Å². The van der Waals surface area contributed by atoms with Crippen LogP contribution in [-0.4, -0.2) is 50.6 Å². The maximum Gasteiger partial charge on any atom is 0.251 e. The van der Waals surface area contributed by atoms with Crippen molar-refractivity contribution in [2.24, 2.45) is 5.92 Å². The molecule has 0 N–H and O–H groups in total. The van der Waals surface area contributed by atoms with Crippen LogP contribution >= 0.6 is 0 Å². The average Bonchev–Trinajstić information content (AvgIpc) is 3.27. The number of likely N-dealkylation sites (N-methyl/N-ethyl adjacent to an activating group) is 1. The number of nitrogens with zero attached hydrogens (tertiary/aromatic N) is 6. The molecule has 2 aliphatic heterocycles. The second-order valence-electron chi connectivity index (χ2n) is 8.40. The summed E-state index contributed by atoms with van der Waals surface area (Å²) >= 11 is 0. The molecule has 0 spiro atoms. The molecule has 0 aromatic carbocycles. The molecule has 31 heavy (non-hydrogen) atoms. The second-order valence-corrected chi connectivity index (χ2v) is 8.40. The number of piperidine rings is 1. The van der Waals surface area contributed by atoms with Crippen LogP contribution in [-0.2, 0) is 11.3 Å². The number of aryl methyl sites for hydroxylation is 1. The number of hydrogen-bond acceptors (Lipinski definition) is 7. The first-order valence-electron chi connectivity index (χ1n) is 10.4. The van der Waals surface area contributed by atoms with Crippen LogP contribution in [0.2, 0.25) is 0 Å². The lowest BCUT2D eigenvalue weighted by Crippen LogP contribution is -2.53. The third-order valence-electron chi connectivity index (χ3n) is 6.28.